The van der Waals surface area contributed by atoms with Gasteiger partial charge in [-0.2, -0.15) is 0 Å². The average Bonchev–Trinajstić information content (AvgIpc) is 2.36. The lowest BCUT2D eigenvalue weighted by atomic mass is 9.83. The summed E-state index contributed by atoms with van der Waals surface area (Å²) in [5, 5.41) is 0.193. The monoisotopic (exact) mass is 415 g/mol. The maximum atomic E-state index is 12.4. The van der Waals surface area contributed by atoms with E-state index in [1.165, 1.54) is 12.1 Å². The summed E-state index contributed by atoms with van der Waals surface area (Å²) in [6.45, 7) is 3.68. The molecule has 2 rings (SSSR count). The van der Waals surface area contributed by atoms with Crippen LogP contribution in [-0.2, 0) is 14.8 Å². The number of rotatable bonds is 4. The minimum Gasteiger partial charge on any atom is -0.381 e. The zero-order valence-corrected chi connectivity index (χ0v) is 15.4. The van der Waals surface area contributed by atoms with Crippen molar-refractivity contribution in [3.8, 4) is 0 Å². The highest BCUT2D eigenvalue weighted by Gasteiger charge is 2.30. The van der Waals surface area contributed by atoms with Crippen LogP contribution in [0.25, 0.3) is 0 Å². The normalized spacial score (nSPS) is 18.7. The highest BCUT2D eigenvalue weighted by atomic mass is 79.9. The van der Waals surface area contributed by atoms with E-state index in [4.69, 9.17) is 27.9 Å². The molecule has 4 nitrogen and oxygen atoms in total. The summed E-state index contributed by atoms with van der Waals surface area (Å²) in [5.41, 5.74) is -0.111. The first-order chi connectivity index (χ1) is 9.73. The van der Waals surface area contributed by atoms with Crippen LogP contribution in [-0.4, -0.2) is 28.2 Å². The third kappa shape index (κ3) is 4.33. The lowest BCUT2D eigenvalue weighted by Crippen LogP contribution is -2.39. The van der Waals surface area contributed by atoms with E-state index < -0.39 is 10.0 Å². The van der Waals surface area contributed by atoms with Crippen LogP contribution in [0.2, 0.25) is 10.0 Å². The number of nitrogens with one attached hydrogen (secondary N) is 1. The standard InChI is InChI=1S/C13H16BrCl2NO3S/c1-13(2-4-20-5-3-13)8-17-21(18,19)12-10(15)6-9(14)7-11(12)16/h6-7,17H,2-5,8H2,1H3. The largest absolute Gasteiger partial charge is 0.381 e. The van der Waals surface area contributed by atoms with Gasteiger partial charge in [-0.15, -0.1) is 0 Å². The van der Waals surface area contributed by atoms with E-state index in [1.54, 1.807) is 0 Å². The van der Waals surface area contributed by atoms with Crippen molar-refractivity contribution in [3.63, 3.8) is 0 Å². The van der Waals surface area contributed by atoms with Gasteiger partial charge in [0.05, 0.1) is 10.0 Å². The van der Waals surface area contributed by atoms with Crippen molar-refractivity contribution in [2.45, 2.75) is 24.7 Å². The summed E-state index contributed by atoms with van der Waals surface area (Å²) < 4.78 is 33.4. The molecule has 0 bridgehead atoms. The molecule has 0 amide bonds. The zero-order valence-electron chi connectivity index (χ0n) is 11.5. The van der Waals surface area contributed by atoms with E-state index in [9.17, 15) is 8.42 Å². The van der Waals surface area contributed by atoms with Gasteiger partial charge < -0.3 is 4.74 Å². The highest BCUT2D eigenvalue weighted by molar-refractivity contribution is 9.10. The topological polar surface area (TPSA) is 55.4 Å². The SMILES string of the molecule is CC1(CNS(=O)(=O)c2c(Cl)cc(Br)cc2Cl)CCOCC1. The molecule has 1 aromatic carbocycles. The van der Waals surface area contributed by atoms with E-state index in [0.29, 0.717) is 24.2 Å². The quantitative estimate of drug-likeness (QED) is 0.810. The summed E-state index contributed by atoms with van der Waals surface area (Å²) in [6.07, 6.45) is 1.63. The molecule has 1 fully saturated rings. The van der Waals surface area contributed by atoms with Crippen molar-refractivity contribution < 1.29 is 13.2 Å². The second kappa shape index (κ2) is 6.72. The van der Waals surface area contributed by atoms with Crippen LogP contribution < -0.4 is 4.72 Å². The molecule has 0 spiro atoms. The van der Waals surface area contributed by atoms with E-state index >= 15 is 0 Å². The lowest BCUT2D eigenvalue weighted by molar-refractivity contribution is 0.0265. The van der Waals surface area contributed by atoms with Crippen molar-refractivity contribution in [2.24, 2.45) is 5.41 Å². The zero-order chi connectivity index (χ0) is 15.7. The molecule has 1 saturated heterocycles. The number of sulfonamides is 1. The lowest BCUT2D eigenvalue weighted by Gasteiger charge is -2.33. The number of halogens is 3. The van der Waals surface area contributed by atoms with Crippen molar-refractivity contribution in [2.75, 3.05) is 19.8 Å². The second-order valence-electron chi connectivity index (χ2n) is 5.45. The van der Waals surface area contributed by atoms with Gasteiger partial charge in [-0.25, -0.2) is 13.1 Å². The Morgan fingerprint density at radius 1 is 1.29 bits per heavy atom. The van der Waals surface area contributed by atoms with Crippen molar-refractivity contribution in [1.82, 2.24) is 4.72 Å². The van der Waals surface area contributed by atoms with Crippen molar-refractivity contribution in [1.29, 1.82) is 0 Å². The fourth-order valence-electron chi connectivity index (χ4n) is 2.17. The number of benzene rings is 1. The van der Waals surface area contributed by atoms with Crippen molar-refractivity contribution >= 4 is 49.2 Å². The van der Waals surface area contributed by atoms with Crippen LogP contribution in [0.4, 0.5) is 0 Å². The van der Waals surface area contributed by atoms with Gasteiger partial charge in [-0.1, -0.05) is 46.1 Å². The first-order valence-corrected chi connectivity index (χ1v) is 9.49. The molecule has 0 radical (unpaired) electrons. The molecular formula is C13H16BrCl2NO3S. The van der Waals surface area contributed by atoms with Gasteiger partial charge in [0.25, 0.3) is 0 Å². The molecular weight excluding hydrogens is 401 g/mol. The maximum Gasteiger partial charge on any atom is 0.243 e. The minimum absolute atomic E-state index is 0.0790. The summed E-state index contributed by atoms with van der Waals surface area (Å²) in [7, 11) is -3.75. The molecule has 0 saturated carbocycles. The Labute approximate surface area is 143 Å². The smallest absolute Gasteiger partial charge is 0.243 e. The number of hydrogen-bond donors (Lipinski definition) is 1. The third-order valence-electron chi connectivity index (χ3n) is 3.62. The fraction of sp³-hybridized carbons (Fsp3) is 0.538. The van der Waals surface area contributed by atoms with Gasteiger partial charge in [-0.05, 0) is 30.4 Å². The molecule has 1 aromatic rings. The van der Waals surface area contributed by atoms with Crippen LogP contribution in [0.3, 0.4) is 0 Å². The Bertz CT molecular complexity index is 607. The second-order valence-corrected chi connectivity index (χ2v) is 8.88. The molecule has 1 aliphatic rings. The molecule has 1 N–H and O–H groups in total. The summed E-state index contributed by atoms with van der Waals surface area (Å²) in [6, 6.07) is 3.02. The van der Waals surface area contributed by atoms with Gasteiger partial charge in [-0.3, -0.25) is 0 Å². The fourth-order valence-corrected chi connectivity index (χ4v) is 5.30. The molecule has 1 heterocycles. The Morgan fingerprint density at radius 2 is 1.81 bits per heavy atom. The number of hydrogen-bond acceptors (Lipinski definition) is 3. The Morgan fingerprint density at radius 3 is 2.33 bits per heavy atom. The molecule has 21 heavy (non-hydrogen) atoms. The Kier molecular flexibility index (Phi) is 5.60. The molecule has 0 aliphatic carbocycles. The maximum absolute atomic E-state index is 12.4. The molecule has 8 heteroatoms. The number of ether oxygens (including phenoxy) is 1. The Balaban J connectivity index is 2.19. The molecule has 0 unspecified atom stereocenters. The predicted molar refractivity (Wildman–Crippen MR) is 87.5 cm³/mol. The van der Waals surface area contributed by atoms with E-state index in [0.717, 1.165) is 12.8 Å². The van der Waals surface area contributed by atoms with E-state index in [2.05, 4.69) is 20.7 Å². The molecule has 118 valence electrons. The van der Waals surface area contributed by atoms with Gasteiger partial charge in [0.2, 0.25) is 10.0 Å². The summed E-state index contributed by atoms with van der Waals surface area (Å²) in [5.74, 6) is 0. The van der Waals surface area contributed by atoms with Gasteiger partial charge in [0.1, 0.15) is 4.90 Å². The van der Waals surface area contributed by atoms with Gasteiger partial charge in [0.15, 0.2) is 0 Å². The molecule has 0 aromatic heterocycles. The summed E-state index contributed by atoms with van der Waals surface area (Å²) in [4.78, 5) is -0.0790. The minimum atomic E-state index is -3.75. The molecule has 1 aliphatic heterocycles. The summed E-state index contributed by atoms with van der Waals surface area (Å²) >= 11 is 15.3. The van der Waals surface area contributed by atoms with Crippen LogP contribution in [0.5, 0.6) is 0 Å². The van der Waals surface area contributed by atoms with Gasteiger partial charge >= 0.3 is 0 Å². The molecule has 0 atom stereocenters. The highest BCUT2D eigenvalue weighted by Crippen LogP contribution is 2.34. The van der Waals surface area contributed by atoms with Crippen LogP contribution in [0.15, 0.2) is 21.5 Å². The Hall–Kier alpha value is 0.150. The van der Waals surface area contributed by atoms with Crippen LogP contribution >= 0.6 is 39.1 Å². The van der Waals surface area contributed by atoms with E-state index in [1.807, 2.05) is 6.92 Å². The third-order valence-corrected chi connectivity index (χ3v) is 6.40. The van der Waals surface area contributed by atoms with Crippen LogP contribution in [0, 0.1) is 5.41 Å². The van der Waals surface area contributed by atoms with E-state index in [-0.39, 0.29) is 20.4 Å². The van der Waals surface area contributed by atoms with Crippen molar-refractivity contribution in [3.05, 3.63) is 26.7 Å². The average molecular weight is 417 g/mol. The predicted octanol–water partition coefficient (Wildman–Crippen LogP) is 3.85. The van der Waals surface area contributed by atoms with Crippen LogP contribution in [0.1, 0.15) is 19.8 Å². The first kappa shape index (κ1) is 17.5. The first-order valence-electron chi connectivity index (χ1n) is 6.45. The van der Waals surface area contributed by atoms with Gasteiger partial charge in [0, 0.05) is 24.2 Å².